The molecule has 1 atom stereocenters. The van der Waals surface area contributed by atoms with Gasteiger partial charge in [-0.05, 0) is 18.6 Å². The number of benzene rings is 1. The Morgan fingerprint density at radius 2 is 1.74 bits per heavy atom. The van der Waals surface area contributed by atoms with Gasteiger partial charge in [-0.2, -0.15) is 4.31 Å². The van der Waals surface area contributed by atoms with E-state index in [1.807, 2.05) is 4.90 Å². The lowest BCUT2D eigenvalue weighted by atomic mass is 10.2. The summed E-state index contributed by atoms with van der Waals surface area (Å²) in [5.74, 6) is -0.407. The van der Waals surface area contributed by atoms with Crippen LogP contribution in [0.15, 0.2) is 29.2 Å². The summed E-state index contributed by atoms with van der Waals surface area (Å²) in [7, 11) is -6.81. The summed E-state index contributed by atoms with van der Waals surface area (Å²) < 4.78 is 63.2. The zero-order chi connectivity index (χ0) is 16.7. The molecule has 0 spiro atoms. The van der Waals surface area contributed by atoms with E-state index in [1.165, 1.54) is 22.5 Å². The van der Waals surface area contributed by atoms with Crippen molar-refractivity contribution < 1.29 is 21.2 Å². The Labute approximate surface area is 135 Å². The van der Waals surface area contributed by atoms with E-state index in [0.29, 0.717) is 19.5 Å². The molecule has 2 fully saturated rings. The van der Waals surface area contributed by atoms with Crippen LogP contribution in [0.1, 0.15) is 6.42 Å². The number of hydrogen-bond donors (Lipinski definition) is 0. The molecule has 0 aromatic heterocycles. The minimum absolute atomic E-state index is 0.0293. The van der Waals surface area contributed by atoms with Gasteiger partial charge >= 0.3 is 0 Å². The highest BCUT2D eigenvalue weighted by Crippen LogP contribution is 2.23. The van der Waals surface area contributed by atoms with Crippen molar-refractivity contribution in [3.05, 3.63) is 30.1 Å². The Morgan fingerprint density at radius 1 is 1.09 bits per heavy atom. The maximum atomic E-state index is 13.8. The van der Waals surface area contributed by atoms with Crippen LogP contribution in [0, 0.1) is 5.82 Å². The third kappa shape index (κ3) is 3.42. The van der Waals surface area contributed by atoms with Crippen molar-refractivity contribution in [3.8, 4) is 0 Å². The minimum Gasteiger partial charge on any atom is -0.297 e. The second-order valence-corrected chi connectivity index (χ2v) is 10.1. The summed E-state index contributed by atoms with van der Waals surface area (Å²) in [5, 5.41) is 0. The molecule has 2 aliphatic rings. The van der Waals surface area contributed by atoms with Crippen LogP contribution in [-0.4, -0.2) is 69.8 Å². The number of sulfone groups is 1. The molecule has 0 bridgehead atoms. The molecule has 0 N–H and O–H groups in total. The van der Waals surface area contributed by atoms with Gasteiger partial charge in [0, 0.05) is 32.2 Å². The van der Waals surface area contributed by atoms with E-state index in [4.69, 9.17) is 0 Å². The predicted molar refractivity (Wildman–Crippen MR) is 83.8 cm³/mol. The van der Waals surface area contributed by atoms with Gasteiger partial charge in [0.1, 0.15) is 10.7 Å². The zero-order valence-corrected chi connectivity index (χ0v) is 14.2. The summed E-state index contributed by atoms with van der Waals surface area (Å²) in [5.41, 5.74) is 0. The van der Waals surface area contributed by atoms with Gasteiger partial charge in [0.15, 0.2) is 9.84 Å². The van der Waals surface area contributed by atoms with Gasteiger partial charge in [-0.1, -0.05) is 12.1 Å². The van der Waals surface area contributed by atoms with Crippen LogP contribution in [0.2, 0.25) is 0 Å². The molecule has 23 heavy (non-hydrogen) atoms. The molecule has 0 unspecified atom stereocenters. The third-order valence-electron chi connectivity index (χ3n) is 4.45. The second kappa shape index (κ2) is 6.12. The second-order valence-electron chi connectivity index (χ2n) is 5.93. The molecule has 9 heteroatoms. The van der Waals surface area contributed by atoms with Gasteiger partial charge in [-0.3, -0.25) is 4.90 Å². The third-order valence-corrected chi connectivity index (χ3v) is 8.13. The van der Waals surface area contributed by atoms with Gasteiger partial charge in [-0.25, -0.2) is 21.2 Å². The van der Waals surface area contributed by atoms with Crippen molar-refractivity contribution in [2.24, 2.45) is 0 Å². The Bertz CT molecular complexity index is 787. The number of piperazine rings is 1. The molecule has 0 saturated carbocycles. The van der Waals surface area contributed by atoms with Gasteiger partial charge in [0.25, 0.3) is 0 Å². The number of nitrogens with zero attached hydrogens (tertiary/aromatic N) is 2. The first-order valence-corrected chi connectivity index (χ1v) is 10.7. The zero-order valence-electron chi connectivity index (χ0n) is 12.6. The molecule has 3 rings (SSSR count). The number of halogens is 1. The summed E-state index contributed by atoms with van der Waals surface area (Å²) in [6.07, 6.45) is 0.600. The Hall–Kier alpha value is -1.03. The van der Waals surface area contributed by atoms with Gasteiger partial charge in [-0.15, -0.1) is 0 Å². The van der Waals surface area contributed by atoms with Crippen LogP contribution in [0.5, 0.6) is 0 Å². The van der Waals surface area contributed by atoms with Crippen LogP contribution in [-0.2, 0) is 19.9 Å². The van der Waals surface area contributed by atoms with Crippen molar-refractivity contribution in [1.82, 2.24) is 9.21 Å². The number of hydrogen-bond acceptors (Lipinski definition) is 5. The van der Waals surface area contributed by atoms with Gasteiger partial charge in [0.05, 0.1) is 11.5 Å². The number of sulfonamides is 1. The predicted octanol–water partition coefficient (Wildman–Crippen LogP) is 0.319. The first-order valence-electron chi connectivity index (χ1n) is 7.49. The molecule has 128 valence electrons. The lowest BCUT2D eigenvalue weighted by Gasteiger charge is -2.36. The Kier molecular flexibility index (Phi) is 4.47. The lowest BCUT2D eigenvalue weighted by Crippen LogP contribution is -2.52. The number of rotatable bonds is 3. The van der Waals surface area contributed by atoms with E-state index in [9.17, 15) is 21.2 Å². The average molecular weight is 362 g/mol. The quantitative estimate of drug-likeness (QED) is 0.774. The Morgan fingerprint density at radius 3 is 2.30 bits per heavy atom. The highest BCUT2D eigenvalue weighted by atomic mass is 32.2. The molecular formula is C14H19FN2O4S2. The molecule has 1 aromatic carbocycles. The molecule has 1 aromatic rings. The maximum absolute atomic E-state index is 13.8. The molecule has 2 saturated heterocycles. The first-order chi connectivity index (χ1) is 10.8. The van der Waals surface area contributed by atoms with Gasteiger partial charge in [0.2, 0.25) is 10.0 Å². The smallest absolute Gasteiger partial charge is 0.246 e. The Balaban J connectivity index is 1.68. The minimum atomic E-state index is -3.85. The standard InChI is InChI=1S/C14H19FN2O4S2/c15-13-3-1-2-4-14(13)23(20,21)17-8-6-16(7-9-17)12-5-10-22(18,19)11-12/h1-4,12H,5-11H2/t12-/m1/s1. The van der Waals surface area contributed by atoms with Crippen molar-refractivity contribution in [1.29, 1.82) is 0 Å². The van der Waals surface area contributed by atoms with E-state index in [2.05, 4.69) is 0 Å². The first kappa shape index (κ1) is 16.8. The average Bonchev–Trinajstić information content (AvgIpc) is 2.88. The van der Waals surface area contributed by atoms with Crippen molar-refractivity contribution in [2.75, 3.05) is 37.7 Å². The van der Waals surface area contributed by atoms with Crippen LogP contribution in [0.3, 0.4) is 0 Å². The normalized spacial score (nSPS) is 26.4. The highest BCUT2D eigenvalue weighted by molar-refractivity contribution is 7.91. The fourth-order valence-electron chi connectivity index (χ4n) is 3.17. The topological polar surface area (TPSA) is 74.8 Å². The monoisotopic (exact) mass is 362 g/mol. The van der Waals surface area contributed by atoms with E-state index < -0.39 is 25.7 Å². The maximum Gasteiger partial charge on any atom is 0.246 e. The van der Waals surface area contributed by atoms with Crippen molar-refractivity contribution >= 4 is 19.9 Å². The summed E-state index contributed by atoms with van der Waals surface area (Å²) >= 11 is 0. The molecule has 0 radical (unpaired) electrons. The molecule has 0 amide bonds. The molecule has 0 aliphatic carbocycles. The van der Waals surface area contributed by atoms with E-state index in [-0.39, 0.29) is 35.5 Å². The van der Waals surface area contributed by atoms with E-state index in [0.717, 1.165) is 6.07 Å². The fraction of sp³-hybridized carbons (Fsp3) is 0.571. The van der Waals surface area contributed by atoms with Crippen LogP contribution < -0.4 is 0 Å². The largest absolute Gasteiger partial charge is 0.297 e. The van der Waals surface area contributed by atoms with Crippen molar-refractivity contribution in [3.63, 3.8) is 0 Å². The van der Waals surface area contributed by atoms with E-state index >= 15 is 0 Å². The van der Waals surface area contributed by atoms with E-state index in [1.54, 1.807) is 0 Å². The fourth-order valence-corrected chi connectivity index (χ4v) is 6.41. The molecular weight excluding hydrogens is 343 g/mol. The van der Waals surface area contributed by atoms with Crippen LogP contribution in [0.4, 0.5) is 4.39 Å². The van der Waals surface area contributed by atoms with Crippen LogP contribution in [0.25, 0.3) is 0 Å². The summed E-state index contributed by atoms with van der Waals surface area (Å²) in [4.78, 5) is 1.72. The summed E-state index contributed by atoms with van der Waals surface area (Å²) in [6, 6.07) is 5.31. The van der Waals surface area contributed by atoms with Crippen molar-refractivity contribution in [2.45, 2.75) is 17.4 Å². The molecule has 2 aliphatic heterocycles. The van der Waals surface area contributed by atoms with Gasteiger partial charge < -0.3 is 0 Å². The van der Waals surface area contributed by atoms with Crippen LogP contribution >= 0.6 is 0 Å². The SMILES string of the molecule is O=S1(=O)CC[C@@H](N2CCN(S(=O)(=O)c3ccccc3F)CC2)C1. The highest BCUT2D eigenvalue weighted by Gasteiger charge is 2.36. The summed E-state index contributed by atoms with van der Waals surface area (Å²) in [6.45, 7) is 1.42. The lowest BCUT2D eigenvalue weighted by molar-refractivity contribution is 0.148. The molecule has 6 nitrogen and oxygen atoms in total. The molecule has 2 heterocycles.